The van der Waals surface area contributed by atoms with Gasteiger partial charge in [-0.15, -0.1) is 0 Å². The summed E-state index contributed by atoms with van der Waals surface area (Å²) in [4.78, 5) is 28.8. The van der Waals surface area contributed by atoms with Crippen LogP contribution < -0.4 is 0 Å². The molecule has 0 bridgehead atoms. The zero-order chi connectivity index (χ0) is 16.6. The van der Waals surface area contributed by atoms with Crippen LogP contribution in [0.2, 0.25) is 0 Å². The van der Waals surface area contributed by atoms with Crippen LogP contribution in [-0.4, -0.2) is 39.0 Å². The van der Waals surface area contributed by atoms with Crippen molar-refractivity contribution < 1.29 is 14.7 Å². The minimum Gasteiger partial charge on any atom is -0.480 e. The molecule has 0 radical (unpaired) electrons. The number of carboxylic acid groups (broad SMARTS) is 1. The van der Waals surface area contributed by atoms with E-state index in [4.69, 9.17) is 0 Å². The highest BCUT2D eigenvalue weighted by molar-refractivity contribution is 5.92. The first-order valence-electron chi connectivity index (χ1n) is 8.14. The molecule has 23 heavy (non-hydrogen) atoms. The summed E-state index contributed by atoms with van der Waals surface area (Å²) in [6.45, 7) is 3.69. The Bertz CT molecular complexity index is 746. The molecular weight excluding hydrogens is 292 g/mol. The van der Waals surface area contributed by atoms with Crippen molar-refractivity contribution in [1.82, 2.24) is 9.88 Å². The lowest BCUT2D eigenvalue weighted by atomic mass is 10.0. The number of carbonyl (C=O) groups is 2. The number of aromatic nitrogens is 1. The molecule has 0 saturated heterocycles. The first-order chi connectivity index (χ1) is 11.0. The molecule has 0 spiro atoms. The summed E-state index contributed by atoms with van der Waals surface area (Å²) in [7, 11) is 0. The van der Waals surface area contributed by atoms with Crippen molar-refractivity contribution >= 4 is 22.8 Å². The van der Waals surface area contributed by atoms with Crippen LogP contribution in [0, 0.1) is 0 Å². The van der Waals surface area contributed by atoms with E-state index < -0.39 is 12.0 Å². The Morgan fingerprint density at radius 3 is 2.70 bits per heavy atom. The fraction of sp³-hybridized carbons (Fsp3) is 0.444. The molecule has 5 nitrogen and oxygen atoms in total. The molecule has 1 unspecified atom stereocenters. The van der Waals surface area contributed by atoms with Gasteiger partial charge in [-0.1, -0.05) is 25.1 Å². The van der Waals surface area contributed by atoms with Gasteiger partial charge in [-0.2, -0.15) is 0 Å². The van der Waals surface area contributed by atoms with Crippen LogP contribution in [0.3, 0.4) is 0 Å². The summed E-state index contributed by atoms with van der Waals surface area (Å²) in [5.74, 6) is -1.05. The second kappa shape index (κ2) is 6.07. The number of hydrogen-bond acceptors (Lipinski definition) is 2. The molecule has 1 atom stereocenters. The van der Waals surface area contributed by atoms with Crippen molar-refractivity contribution in [3.05, 3.63) is 35.5 Å². The van der Waals surface area contributed by atoms with Gasteiger partial charge in [0, 0.05) is 23.1 Å². The summed E-state index contributed by atoms with van der Waals surface area (Å²) >= 11 is 0. The topological polar surface area (TPSA) is 73.4 Å². The number of aromatic amines is 1. The molecule has 2 aromatic rings. The van der Waals surface area contributed by atoms with E-state index in [0.717, 1.165) is 35.7 Å². The number of H-pyrrole nitrogens is 1. The highest BCUT2D eigenvalue weighted by Gasteiger charge is 2.38. The van der Waals surface area contributed by atoms with E-state index in [1.54, 1.807) is 11.8 Å². The zero-order valence-corrected chi connectivity index (χ0v) is 13.5. The number of benzene rings is 1. The SMILES string of the molecule is CCc1cccc2c(CC(=O)N(C3CC3)C(C)C(=O)O)c[nH]c12. The van der Waals surface area contributed by atoms with E-state index in [0.29, 0.717) is 0 Å². The standard InChI is InChI=1S/C18H22N2O3/c1-3-12-5-4-6-15-13(10-19-17(12)15)9-16(21)20(14-7-8-14)11(2)18(22)23/h4-6,10-11,14,19H,3,7-9H2,1-2H3,(H,22,23). The van der Waals surface area contributed by atoms with Gasteiger partial charge in [-0.3, -0.25) is 4.79 Å². The second-order valence-electron chi connectivity index (χ2n) is 6.23. The Balaban J connectivity index is 1.86. The number of fused-ring (bicyclic) bond motifs is 1. The number of para-hydroxylation sites is 1. The normalized spacial score (nSPS) is 15.6. The van der Waals surface area contributed by atoms with Gasteiger partial charge < -0.3 is 15.0 Å². The zero-order valence-electron chi connectivity index (χ0n) is 13.5. The summed E-state index contributed by atoms with van der Waals surface area (Å²) in [6.07, 6.45) is 4.84. The maximum Gasteiger partial charge on any atom is 0.326 e. The molecule has 1 amide bonds. The first kappa shape index (κ1) is 15.6. The minimum atomic E-state index is -0.947. The van der Waals surface area contributed by atoms with Crippen molar-refractivity contribution in [1.29, 1.82) is 0 Å². The Kier molecular flexibility index (Phi) is 4.11. The summed E-state index contributed by atoms with van der Waals surface area (Å²) in [6, 6.07) is 5.40. The number of nitrogens with zero attached hydrogens (tertiary/aromatic N) is 1. The third-order valence-corrected chi connectivity index (χ3v) is 4.61. The molecule has 2 N–H and O–H groups in total. The van der Waals surface area contributed by atoms with Gasteiger partial charge in [-0.05, 0) is 37.3 Å². The molecule has 3 rings (SSSR count). The molecule has 1 saturated carbocycles. The lowest BCUT2D eigenvalue weighted by Gasteiger charge is -2.26. The van der Waals surface area contributed by atoms with Crippen LogP contribution in [0.15, 0.2) is 24.4 Å². The number of amides is 1. The summed E-state index contributed by atoms with van der Waals surface area (Å²) < 4.78 is 0. The fourth-order valence-electron chi connectivity index (χ4n) is 3.18. The fourth-order valence-corrected chi connectivity index (χ4v) is 3.18. The predicted molar refractivity (Wildman–Crippen MR) is 88.3 cm³/mol. The van der Waals surface area contributed by atoms with Crippen LogP contribution in [0.4, 0.5) is 0 Å². The highest BCUT2D eigenvalue weighted by atomic mass is 16.4. The molecule has 0 aliphatic heterocycles. The number of rotatable bonds is 6. The molecule has 1 fully saturated rings. The maximum absolute atomic E-state index is 12.7. The minimum absolute atomic E-state index is 0.0880. The van der Waals surface area contributed by atoms with Gasteiger partial charge >= 0.3 is 5.97 Å². The third-order valence-electron chi connectivity index (χ3n) is 4.61. The van der Waals surface area contributed by atoms with Gasteiger partial charge in [0.1, 0.15) is 6.04 Å². The predicted octanol–water partition coefficient (Wildman–Crippen LogP) is 2.74. The molecule has 1 aromatic carbocycles. The Hall–Kier alpha value is -2.30. The van der Waals surface area contributed by atoms with Gasteiger partial charge in [0.15, 0.2) is 0 Å². The van der Waals surface area contributed by atoms with Crippen LogP contribution >= 0.6 is 0 Å². The Labute approximate surface area is 135 Å². The van der Waals surface area contributed by atoms with E-state index in [1.165, 1.54) is 5.56 Å². The number of aryl methyl sites for hydroxylation is 1. The van der Waals surface area contributed by atoms with Crippen LogP contribution in [0.1, 0.15) is 37.8 Å². The first-order valence-corrected chi connectivity index (χ1v) is 8.14. The summed E-state index contributed by atoms with van der Waals surface area (Å²) in [5, 5.41) is 10.3. The quantitative estimate of drug-likeness (QED) is 0.861. The maximum atomic E-state index is 12.7. The number of carbonyl (C=O) groups excluding carboxylic acids is 1. The largest absolute Gasteiger partial charge is 0.480 e. The monoisotopic (exact) mass is 314 g/mol. The summed E-state index contributed by atoms with van der Waals surface area (Å²) in [5.41, 5.74) is 3.23. The molecule has 5 heteroatoms. The lowest BCUT2D eigenvalue weighted by Crippen LogP contribution is -2.45. The van der Waals surface area contributed by atoms with E-state index in [-0.39, 0.29) is 18.4 Å². The van der Waals surface area contributed by atoms with Gasteiger partial charge in [0.2, 0.25) is 5.91 Å². The molecule has 1 aliphatic carbocycles. The number of nitrogens with one attached hydrogen (secondary N) is 1. The second-order valence-corrected chi connectivity index (χ2v) is 6.23. The van der Waals surface area contributed by atoms with Gasteiger partial charge in [0.25, 0.3) is 0 Å². The van der Waals surface area contributed by atoms with E-state index in [2.05, 4.69) is 18.0 Å². The molecule has 1 aliphatic rings. The van der Waals surface area contributed by atoms with E-state index in [9.17, 15) is 14.7 Å². The van der Waals surface area contributed by atoms with Crippen LogP contribution in [0.25, 0.3) is 10.9 Å². The number of hydrogen-bond donors (Lipinski definition) is 2. The lowest BCUT2D eigenvalue weighted by molar-refractivity contribution is -0.149. The van der Waals surface area contributed by atoms with Gasteiger partial charge in [0.05, 0.1) is 6.42 Å². The molecular formula is C18H22N2O3. The average Bonchev–Trinajstić information content (AvgIpc) is 3.28. The van der Waals surface area contributed by atoms with Crippen molar-refractivity contribution in [3.63, 3.8) is 0 Å². The van der Waals surface area contributed by atoms with Crippen molar-refractivity contribution in [2.24, 2.45) is 0 Å². The van der Waals surface area contributed by atoms with Crippen LogP contribution in [0.5, 0.6) is 0 Å². The number of carboxylic acids is 1. The highest BCUT2D eigenvalue weighted by Crippen LogP contribution is 2.30. The van der Waals surface area contributed by atoms with Crippen molar-refractivity contribution in [3.8, 4) is 0 Å². The molecule has 122 valence electrons. The average molecular weight is 314 g/mol. The van der Waals surface area contributed by atoms with Crippen molar-refractivity contribution in [2.75, 3.05) is 0 Å². The molecule has 1 heterocycles. The van der Waals surface area contributed by atoms with Gasteiger partial charge in [-0.25, -0.2) is 4.79 Å². The Morgan fingerprint density at radius 1 is 1.35 bits per heavy atom. The molecule has 1 aromatic heterocycles. The number of aliphatic carboxylic acids is 1. The third kappa shape index (κ3) is 2.96. The van der Waals surface area contributed by atoms with E-state index >= 15 is 0 Å². The van der Waals surface area contributed by atoms with Crippen molar-refractivity contribution in [2.45, 2.75) is 51.6 Å². The van der Waals surface area contributed by atoms with Crippen LogP contribution in [-0.2, 0) is 22.4 Å². The smallest absolute Gasteiger partial charge is 0.326 e. The van der Waals surface area contributed by atoms with E-state index in [1.807, 2.05) is 18.3 Å². The Morgan fingerprint density at radius 2 is 2.09 bits per heavy atom.